The molecule has 124 valence electrons. The summed E-state index contributed by atoms with van der Waals surface area (Å²) in [7, 11) is 5.61. The molecule has 0 spiro atoms. The van der Waals surface area contributed by atoms with Crippen LogP contribution < -0.4 is 5.32 Å². The van der Waals surface area contributed by atoms with Crippen LogP contribution in [0.1, 0.15) is 21.5 Å². The second-order valence-corrected chi connectivity index (χ2v) is 5.98. The Hall–Kier alpha value is -2.73. The van der Waals surface area contributed by atoms with Gasteiger partial charge >= 0.3 is 0 Å². The maximum Gasteiger partial charge on any atom is 0.251 e. The van der Waals surface area contributed by atoms with E-state index in [9.17, 15) is 4.79 Å². The molecule has 0 unspecified atom stereocenters. The Balaban J connectivity index is 1.65. The first kappa shape index (κ1) is 16.1. The number of hydrogen-bond donors (Lipinski definition) is 1. The van der Waals surface area contributed by atoms with Crippen molar-refractivity contribution in [2.45, 2.75) is 13.1 Å². The molecule has 0 fully saturated rings. The van der Waals surface area contributed by atoms with Gasteiger partial charge in [-0.2, -0.15) is 0 Å². The summed E-state index contributed by atoms with van der Waals surface area (Å²) in [4.78, 5) is 13.8. The van der Waals surface area contributed by atoms with Crippen LogP contribution in [0.5, 0.6) is 0 Å². The van der Waals surface area contributed by atoms with E-state index in [4.69, 9.17) is 0 Å². The molecular weight excluding hydrogens is 302 g/mol. The summed E-state index contributed by atoms with van der Waals surface area (Å²) in [6, 6.07) is 13.9. The molecule has 0 aliphatic heterocycles. The number of carbonyl (C=O) groups is 1. The van der Waals surface area contributed by atoms with E-state index >= 15 is 0 Å². The maximum atomic E-state index is 11.6. The van der Waals surface area contributed by atoms with Crippen molar-refractivity contribution >= 4 is 16.9 Å². The first-order valence-corrected chi connectivity index (χ1v) is 7.84. The third-order valence-electron chi connectivity index (χ3n) is 4.02. The molecule has 6 nitrogen and oxygen atoms in total. The molecule has 0 aliphatic carbocycles. The maximum absolute atomic E-state index is 11.6. The summed E-state index contributed by atoms with van der Waals surface area (Å²) in [6.07, 6.45) is 0. The third kappa shape index (κ3) is 3.44. The fourth-order valence-electron chi connectivity index (χ4n) is 2.77. The van der Waals surface area contributed by atoms with Crippen LogP contribution in [0, 0.1) is 0 Å². The number of amides is 1. The number of hydrogen-bond acceptors (Lipinski definition) is 4. The van der Waals surface area contributed by atoms with E-state index in [-0.39, 0.29) is 5.91 Å². The van der Waals surface area contributed by atoms with Crippen molar-refractivity contribution in [3.05, 3.63) is 59.2 Å². The highest BCUT2D eigenvalue weighted by atomic mass is 16.1. The SMILES string of the molecule is CNC(=O)c1ccc(CN(C)Cc2ccc3c(c2)nnn3C)cc1. The Morgan fingerprint density at radius 3 is 2.50 bits per heavy atom. The van der Waals surface area contributed by atoms with Gasteiger partial charge in [-0.15, -0.1) is 5.10 Å². The topological polar surface area (TPSA) is 63.1 Å². The van der Waals surface area contributed by atoms with Gasteiger partial charge in [-0.1, -0.05) is 23.4 Å². The van der Waals surface area contributed by atoms with Crippen LogP contribution in [-0.4, -0.2) is 39.9 Å². The van der Waals surface area contributed by atoms with E-state index in [0.29, 0.717) is 5.56 Å². The summed E-state index contributed by atoms with van der Waals surface area (Å²) in [5, 5.41) is 10.8. The lowest BCUT2D eigenvalue weighted by molar-refractivity contribution is 0.0963. The lowest BCUT2D eigenvalue weighted by atomic mass is 10.1. The van der Waals surface area contributed by atoms with E-state index < -0.39 is 0 Å². The van der Waals surface area contributed by atoms with E-state index in [0.717, 1.165) is 24.1 Å². The number of rotatable bonds is 5. The molecule has 0 saturated heterocycles. The highest BCUT2D eigenvalue weighted by Crippen LogP contribution is 2.15. The minimum atomic E-state index is -0.0628. The largest absolute Gasteiger partial charge is 0.355 e. The van der Waals surface area contributed by atoms with Crippen LogP contribution in [0.4, 0.5) is 0 Å². The lowest BCUT2D eigenvalue weighted by Gasteiger charge is -2.17. The predicted molar refractivity (Wildman–Crippen MR) is 93.5 cm³/mol. The molecule has 0 saturated carbocycles. The van der Waals surface area contributed by atoms with Crippen LogP contribution in [0.25, 0.3) is 11.0 Å². The van der Waals surface area contributed by atoms with Crippen LogP contribution in [0.15, 0.2) is 42.5 Å². The van der Waals surface area contributed by atoms with Gasteiger partial charge in [0.25, 0.3) is 5.91 Å². The molecule has 3 rings (SSSR count). The molecule has 1 aromatic heterocycles. The Kier molecular flexibility index (Phi) is 4.57. The van der Waals surface area contributed by atoms with Gasteiger partial charge < -0.3 is 5.32 Å². The monoisotopic (exact) mass is 323 g/mol. The van der Waals surface area contributed by atoms with Crippen molar-refractivity contribution in [2.75, 3.05) is 14.1 Å². The molecular formula is C18H21N5O. The Morgan fingerprint density at radius 1 is 1.12 bits per heavy atom. The molecule has 0 radical (unpaired) electrons. The summed E-state index contributed by atoms with van der Waals surface area (Å²) in [5.74, 6) is -0.0628. The van der Waals surface area contributed by atoms with Crippen molar-refractivity contribution in [1.29, 1.82) is 0 Å². The molecule has 3 aromatic rings. The number of fused-ring (bicyclic) bond motifs is 1. The van der Waals surface area contributed by atoms with Gasteiger partial charge in [0.2, 0.25) is 0 Å². The van der Waals surface area contributed by atoms with Crippen molar-refractivity contribution < 1.29 is 4.79 Å². The van der Waals surface area contributed by atoms with Gasteiger partial charge in [-0.05, 0) is 42.4 Å². The van der Waals surface area contributed by atoms with Crippen LogP contribution in [0.3, 0.4) is 0 Å². The van der Waals surface area contributed by atoms with Crippen LogP contribution in [0.2, 0.25) is 0 Å². The summed E-state index contributed by atoms with van der Waals surface area (Å²) >= 11 is 0. The molecule has 6 heteroatoms. The molecule has 1 N–H and O–H groups in total. The second-order valence-electron chi connectivity index (χ2n) is 5.98. The zero-order valence-electron chi connectivity index (χ0n) is 14.2. The minimum absolute atomic E-state index is 0.0628. The molecule has 0 bridgehead atoms. The minimum Gasteiger partial charge on any atom is -0.355 e. The summed E-state index contributed by atoms with van der Waals surface area (Å²) in [6.45, 7) is 1.64. The van der Waals surface area contributed by atoms with Gasteiger partial charge in [0.1, 0.15) is 5.52 Å². The van der Waals surface area contributed by atoms with Gasteiger partial charge in [-0.25, -0.2) is 4.68 Å². The molecule has 1 heterocycles. The molecule has 2 aromatic carbocycles. The van der Waals surface area contributed by atoms with E-state index in [1.807, 2.05) is 31.3 Å². The van der Waals surface area contributed by atoms with Crippen molar-refractivity contribution in [1.82, 2.24) is 25.2 Å². The smallest absolute Gasteiger partial charge is 0.251 e. The summed E-state index contributed by atoms with van der Waals surface area (Å²) < 4.78 is 1.77. The Labute approximate surface area is 141 Å². The highest BCUT2D eigenvalue weighted by molar-refractivity contribution is 5.93. The average molecular weight is 323 g/mol. The summed E-state index contributed by atoms with van der Waals surface area (Å²) in [5.41, 5.74) is 5.00. The van der Waals surface area contributed by atoms with Crippen LogP contribution >= 0.6 is 0 Å². The first-order chi connectivity index (χ1) is 11.6. The molecule has 24 heavy (non-hydrogen) atoms. The lowest BCUT2D eigenvalue weighted by Crippen LogP contribution is -2.19. The Morgan fingerprint density at radius 2 is 1.79 bits per heavy atom. The fourth-order valence-corrected chi connectivity index (χ4v) is 2.77. The quantitative estimate of drug-likeness (QED) is 0.780. The van der Waals surface area contributed by atoms with Crippen molar-refractivity contribution in [3.63, 3.8) is 0 Å². The number of aryl methyl sites for hydroxylation is 1. The van der Waals surface area contributed by atoms with E-state index in [1.54, 1.807) is 11.7 Å². The average Bonchev–Trinajstić information content (AvgIpc) is 2.95. The van der Waals surface area contributed by atoms with Crippen molar-refractivity contribution in [2.24, 2.45) is 7.05 Å². The zero-order valence-corrected chi connectivity index (χ0v) is 14.2. The highest BCUT2D eigenvalue weighted by Gasteiger charge is 2.07. The number of nitrogens with one attached hydrogen (secondary N) is 1. The predicted octanol–water partition coefficient (Wildman–Crippen LogP) is 1.96. The Bertz CT molecular complexity index is 853. The van der Waals surface area contributed by atoms with Gasteiger partial charge in [0.15, 0.2) is 0 Å². The normalized spacial score (nSPS) is 11.2. The van der Waals surface area contributed by atoms with Crippen LogP contribution in [-0.2, 0) is 20.1 Å². The first-order valence-electron chi connectivity index (χ1n) is 7.84. The molecule has 0 atom stereocenters. The second kappa shape index (κ2) is 6.80. The van der Waals surface area contributed by atoms with Crippen molar-refractivity contribution in [3.8, 4) is 0 Å². The number of aromatic nitrogens is 3. The number of benzene rings is 2. The molecule has 1 amide bonds. The zero-order chi connectivity index (χ0) is 17.1. The number of carbonyl (C=O) groups excluding carboxylic acids is 1. The standard InChI is InChI=1S/C18H21N5O/c1-19-18(24)15-7-4-13(5-8-15)11-22(2)12-14-6-9-17-16(10-14)20-21-23(17)3/h4-10H,11-12H2,1-3H3,(H,19,24). The number of nitrogens with zero attached hydrogens (tertiary/aromatic N) is 4. The van der Waals surface area contributed by atoms with E-state index in [1.165, 1.54) is 11.1 Å². The third-order valence-corrected chi connectivity index (χ3v) is 4.02. The van der Waals surface area contributed by atoms with Gasteiger partial charge in [-0.3, -0.25) is 9.69 Å². The van der Waals surface area contributed by atoms with Gasteiger partial charge in [0.05, 0.1) is 5.52 Å². The molecule has 0 aliphatic rings. The van der Waals surface area contributed by atoms with Gasteiger partial charge in [0, 0.05) is 32.7 Å². The fraction of sp³-hybridized carbons (Fsp3) is 0.278. The van der Waals surface area contributed by atoms with E-state index in [2.05, 4.69) is 45.8 Å².